The fourth-order valence-electron chi connectivity index (χ4n) is 2.08. The summed E-state index contributed by atoms with van der Waals surface area (Å²) in [6.45, 7) is 1.73. The summed E-state index contributed by atoms with van der Waals surface area (Å²) in [4.78, 5) is 15.6. The molecule has 0 bridgehead atoms. The molecule has 0 saturated carbocycles. The highest BCUT2D eigenvalue weighted by molar-refractivity contribution is 6.34. The Bertz CT molecular complexity index is 787. The van der Waals surface area contributed by atoms with Crippen LogP contribution in [-0.4, -0.2) is 17.0 Å². The summed E-state index contributed by atoms with van der Waals surface area (Å²) in [6.07, 6.45) is 0. The second-order valence-corrected chi connectivity index (χ2v) is 5.02. The lowest BCUT2D eigenvalue weighted by atomic mass is 9.94. The van der Waals surface area contributed by atoms with Crippen LogP contribution in [0.15, 0.2) is 35.3 Å². The number of phenols is 1. The van der Waals surface area contributed by atoms with E-state index in [-0.39, 0.29) is 21.9 Å². The van der Waals surface area contributed by atoms with Crippen molar-refractivity contribution >= 4 is 23.5 Å². The number of carbonyl (C=O) groups excluding carboxylic acids is 1. The molecule has 0 unspecified atom stereocenters. The topological polar surface area (TPSA) is 102 Å². The second-order valence-electron chi connectivity index (χ2n) is 4.62. The van der Waals surface area contributed by atoms with E-state index in [1.807, 2.05) is 0 Å². The summed E-state index contributed by atoms with van der Waals surface area (Å²) in [7, 11) is 0. The normalized spacial score (nSPS) is 10.3. The van der Waals surface area contributed by atoms with Gasteiger partial charge in [0.2, 0.25) is 0 Å². The van der Waals surface area contributed by atoms with Crippen LogP contribution in [0.3, 0.4) is 0 Å². The van der Waals surface area contributed by atoms with E-state index < -0.39 is 17.7 Å². The predicted molar refractivity (Wildman–Crippen MR) is 83.4 cm³/mol. The quantitative estimate of drug-likeness (QED) is 0.584. The third-order valence-electron chi connectivity index (χ3n) is 3.05. The molecule has 0 aliphatic carbocycles. The molecule has 0 aliphatic heterocycles. The number of aromatic hydroxyl groups is 1. The number of nitrogens with two attached hydrogens (primary N) is 2. The van der Waals surface area contributed by atoms with E-state index in [0.717, 1.165) is 0 Å². The summed E-state index contributed by atoms with van der Waals surface area (Å²) in [5.74, 6) is -2.16. The zero-order valence-corrected chi connectivity index (χ0v) is 12.4. The molecule has 2 aromatic rings. The van der Waals surface area contributed by atoms with Crippen LogP contribution in [0.25, 0.3) is 11.1 Å². The van der Waals surface area contributed by atoms with Gasteiger partial charge >= 0.3 is 0 Å². The van der Waals surface area contributed by atoms with Gasteiger partial charge in [0, 0.05) is 10.6 Å². The number of amides is 1. The van der Waals surface area contributed by atoms with Gasteiger partial charge in [-0.2, -0.15) is 4.99 Å². The van der Waals surface area contributed by atoms with Crippen molar-refractivity contribution < 1.29 is 14.3 Å². The van der Waals surface area contributed by atoms with E-state index in [9.17, 15) is 14.3 Å². The van der Waals surface area contributed by atoms with E-state index in [4.69, 9.17) is 23.1 Å². The van der Waals surface area contributed by atoms with Gasteiger partial charge in [-0.15, -0.1) is 0 Å². The first-order valence-corrected chi connectivity index (χ1v) is 6.61. The van der Waals surface area contributed by atoms with Crippen LogP contribution < -0.4 is 11.5 Å². The second kappa shape index (κ2) is 6.03. The summed E-state index contributed by atoms with van der Waals surface area (Å²) in [5, 5.41) is 10.2. The fourth-order valence-corrected chi connectivity index (χ4v) is 2.34. The largest absolute Gasteiger partial charge is 0.507 e. The van der Waals surface area contributed by atoms with Crippen LogP contribution in [0.1, 0.15) is 15.9 Å². The van der Waals surface area contributed by atoms with Crippen molar-refractivity contribution in [3.05, 3.63) is 52.3 Å². The average Bonchev–Trinajstić information content (AvgIpc) is 2.43. The zero-order chi connectivity index (χ0) is 16.4. The maximum atomic E-state index is 13.5. The Morgan fingerprint density at radius 3 is 2.59 bits per heavy atom. The molecule has 2 rings (SSSR count). The van der Waals surface area contributed by atoms with Gasteiger partial charge in [-0.3, -0.25) is 4.79 Å². The lowest BCUT2D eigenvalue weighted by Gasteiger charge is -2.13. The first kappa shape index (κ1) is 15.8. The molecule has 1 amide bonds. The number of hydrogen-bond acceptors (Lipinski definition) is 2. The van der Waals surface area contributed by atoms with Gasteiger partial charge in [0.15, 0.2) is 5.96 Å². The maximum Gasteiger partial charge on any atom is 0.284 e. The number of halogens is 2. The number of aliphatic imine (C=N–C) groups is 1. The van der Waals surface area contributed by atoms with Crippen molar-refractivity contribution in [1.29, 1.82) is 0 Å². The summed E-state index contributed by atoms with van der Waals surface area (Å²) < 4.78 is 13.5. The molecule has 0 spiro atoms. The molecule has 0 radical (unpaired) electrons. The fraction of sp³-hybridized carbons (Fsp3) is 0.0667. The number of carbonyl (C=O) groups is 1. The molecule has 0 saturated heterocycles. The number of benzene rings is 2. The minimum atomic E-state index is -0.862. The van der Waals surface area contributed by atoms with Crippen LogP contribution in [-0.2, 0) is 0 Å². The van der Waals surface area contributed by atoms with Gasteiger partial charge in [0.1, 0.15) is 11.6 Å². The molecule has 5 nitrogen and oxygen atoms in total. The van der Waals surface area contributed by atoms with E-state index >= 15 is 0 Å². The van der Waals surface area contributed by atoms with Crippen molar-refractivity contribution in [2.45, 2.75) is 6.92 Å². The van der Waals surface area contributed by atoms with E-state index in [0.29, 0.717) is 11.1 Å². The first-order valence-electron chi connectivity index (χ1n) is 6.23. The molecule has 0 aromatic heterocycles. The molecule has 5 N–H and O–H groups in total. The molecule has 0 atom stereocenters. The number of nitrogens with zero attached hydrogens (tertiary/aromatic N) is 1. The zero-order valence-electron chi connectivity index (χ0n) is 11.6. The van der Waals surface area contributed by atoms with Gasteiger partial charge in [0.05, 0.1) is 5.56 Å². The Hall–Kier alpha value is -2.60. The summed E-state index contributed by atoms with van der Waals surface area (Å²) in [5.41, 5.74) is 11.4. The average molecular weight is 322 g/mol. The van der Waals surface area contributed by atoms with Crippen LogP contribution in [0, 0.1) is 12.7 Å². The Kier molecular flexibility index (Phi) is 4.32. The molecular formula is C15H13ClFN3O2. The number of hydrogen-bond donors (Lipinski definition) is 3. The van der Waals surface area contributed by atoms with Crippen molar-refractivity contribution in [2.75, 3.05) is 0 Å². The molecule has 0 aliphatic rings. The van der Waals surface area contributed by atoms with E-state index in [2.05, 4.69) is 4.99 Å². The van der Waals surface area contributed by atoms with Crippen LogP contribution >= 0.6 is 11.6 Å². The van der Waals surface area contributed by atoms with Crippen LogP contribution in [0.2, 0.25) is 5.02 Å². The smallest absolute Gasteiger partial charge is 0.284 e. The van der Waals surface area contributed by atoms with E-state index in [1.165, 1.54) is 24.3 Å². The number of guanidine groups is 1. The predicted octanol–water partition coefficient (Wildman–Crippen LogP) is 2.57. The van der Waals surface area contributed by atoms with Crippen molar-refractivity contribution in [3.8, 4) is 16.9 Å². The Balaban J connectivity index is 2.80. The highest BCUT2D eigenvalue weighted by atomic mass is 35.5. The molecule has 114 valence electrons. The number of rotatable bonds is 2. The standard InChI is InChI=1S/C15H13ClFN3O2/c1-7-2-3-8(17)6-9(7)12-10(16)4-5-11(21)13(12)14(22)20-15(18)19/h2-6,21H,1H3,(H4,18,19,20,22). The number of aryl methyl sites for hydroxylation is 1. The molecule has 7 heteroatoms. The minimum absolute atomic E-state index is 0.167. The summed E-state index contributed by atoms with van der Waals surface area (Å²) in [6, 6.07) is 6.70. The third-order valence-corrected chi connectivity index (χ3v) is 3.36. The number of phenolic OH excluding ortho intramolecular Hbond substituents is 1. The molecule has 22 heavy (non-hydrogen) atoms. The Morgan fingerprint density at radius 2 is 1.95 bits per heavy atom. The molecule has 0 fully saturated rings. The first-order chi connectivity index (χ1) is 10.3. The minimum Gasteiger partial charge on any atom is -0.507 e. The van der Waals surface area contributed by atoms with Crippen molar-refractivity contribution in [2.24, 2.45) is 16.5 Å². The lowest BCUT2D eigenvalue weighted by Crippen LogP contribution is -2.24. The maximum absolute atomic E-state index is 13.5. The van der Waals surface area contributed by atoms with Gasteiger partial charge in [0.25, 0.3) is 5.91 Å². The highest BCUT2D eigenvalue weighted by Crippen LogP contribution is 2.38. The van der Waals surface area contributed by atoms with Crippen LogP contribution in [0.5, 0.6) is 5.75 Å². The SMILES string of the molecule is Cc1ccc(F)cc1-c1c(Cl)ccc(O)c1C(=O)N=C(N)N. The molecule has 0 heterocycles. The van der Waals surface area contributed by atoms with Gasteiger partial charge in [-0.25, -0.2) is 4.39 Å². The monoisotopic (exact) mass is 321 g/mol. The van der Waals surface area contributed by atoms with E-state index in [1.54, 1.807) is 13.0 Å². The lowest BCUT2D eigenvalue weighted by molar-refractivity contribution is 0.100. The van der Waals surface area contributed by atoms with Gasteiger partial charge in [-0.1, -0.05) is 17.7 Å². The third kappa shape index (κ3) is 3.01. The molecule has 2 aromatic carbocycles. The van der Waals surface area contributed by atoms with Gasteiger partial charge < -0.3 is 16.6 Å². The van der Waals surface area contributed by atoms with Crippen LogP contribution in [0.4, 0.5) is 4.39 Å². The molecular weight excluding hydrogens is 309 g/mol. The van der Waals surface area contributed by atoms with Gasteiger partial charge in [-0.05, 0) is 42.3 Å². The Labute approximate surface area is 131 Å². The highest BCUT2D eigenvalue weighted by Gasteiger charge is 2.22. The van der Waals surface area contributed by atoms with Crippen molar-refractivity contribution in [1.82, 2.24) is 0 Å². The Morgan fingerprint density at radius 1 is 1.27 bits per heavy atom. The van der Waals surface area contributed by atoms with Crippen molar-refractivity contribution in [3.63, 3.8) is 0 Å². The summed E-state index contributed by atoms with van der Waals surface area (Å²) >= 11 is 6.14.